The molecule has 7 unspecified atom stereocenters. The van der Waals surface area contributed by atoms with Gasteiger partial charge in [-0.25, -0.2) is 0 Å². The number of rotatable bonds is 7. The van der Waals surface area contributed by atoms with E-state index in [2.05, 4.69) is 16.8 Å². The summed E-state index contributed by atoms with van der Waals surface area (Å²) in [4.78, 5) is 29.3. The van der Waals surface area contributed by atoms with E-state index in [-0.39, 0.29) is 51.7 Å². The van der Waals surface area contributed by atoms with Crippen LogP contribution in [-0.4, -0.2) is 51.1 Å². The molecule has 2 aliphatic carbocycles. The molecule has 0 aromatic heterocycles. The van der Waals surface area contributed by atoms with E-state index in [1.165, 1.54) is 0 Å². The Bertz CT molecular complexity index is 494. The Morgan fingerprint density at radius 2 is 2.00 bits per heavy atom. The summed E-state index contributed by atoms with van der Waals surface area (Å²) in [6.45, 7) is 5.13. The monoisotopic (exact) mass is 452 g/mol. The molecule has 1 heterocycles. The van der Waals surface area contributed by atoms with Gasteiger partial charge in [0.15, 0.2) is 0 Å². The molecular weight excluding hydrogens is 423 g/mol. The molecule has 24 heavy (non-hydrogen) atoms. The van der Waals surface area contributed by atoms with Gasteiger partial charge in [0.25, 0.3) is 0 Å². The minimum atomic E-state index is -1.28. The molecule has 0 aromatic rings. The molecule has 7 atom stereocenters. The normalized spacial score (nSPS) is 38.7. The number of esters is 2. The van der Waals surface area contributed by atoms with Crippen molar-refractivity contribution in [3.05, 3.63) is 0 Å². The molecule has 0 aromatic carbocycles. The third kappa shape index (κ3) is 3.08. The zero-order valence-electron chi connectivity index (χ0n) is 15.0. The van der Waals surface area contributed by atoms with Crippen LogP contribution in [0.5, 0.6) is 0 Å². The van der Waals surface area contributed by atoms with Gasteiger partial charge in [0.1, 0.15) is 0 Å². The predicted octanol–water partition coefficient (Wildman–Crippen LogP) is 2.68. The van der Waals surface area contributed by atoms with Crippen LogP contribution >= 0.6 is 19.8 Å². The average molecular weight is 452 g/mol. The average Bonchev–Trinajstić information content (AvgIpc) is 3.18. The Balaban J connectivity index is 1.74. The van der Waals surface area contributed by atoms with Crippen molar-refractivity contribution >= 4 is 31.8 Å². The maximum absolute atomic E-state index is 12.8. The van der Waals surface area contributed by atoms with Crippen LogP contribution in [0.15, 0.2) is 0 Å². The first-order chi connectivity index (χ1) is 11.5. The summed E-state index contributed by atoms with van der Waals surface area (Å²) < 4.78 is 17.3. The standard InChI is InChI=1S/C18H29IO5/c1-5-7-13(19(3)4)17(20)24-16-10-8-11(15(16)22-6-2)14-12(10)9-23-18(14)21/h10-16H,5-9H2,1-4H3. The number of fused-ring (bicyclic) bond motifs is 5. The maximum atomic E-state index is 12.8. The number of alkyl halides is 3. The second kappa shape index (κ2) is 7.48. The summed E-state index contributed by atoms with van der Waals surface area (Å²) in [5.41, 5.74) is 0. The van der Waals surface area contributed by atoms with Crippen molar-refractivity contribution in [3.8, 4) is 0 Å². The van der Waals surface area contributed by atoms with Crippen molar-refractivity contribution in [2.24, 2.45) is 23.7 Å². The molecule has 2 bridgehead atoms. The molecule has 0 amide bonds. The molecule has 3 rings (SSSR count). The van der Waals surface area contributed by atoms with E-state index in [0.29, 0.717) is 13.2 Å². The zero-order chi connectivity index (χ0) is 17.4. The Kier molecular flexibility index (Phi) is 5.74. The SMILES string of the molecule is CCCC(C(=O)OC1C2CC(C1OCC)C1C(=O)OCC21)I(C)C. The van der Waals surface area contributed by atoms with Crippen molar-refractivity contribution in [3.63, 3.8) is 0 Å². The number of ether oxygens (including phenoxy) is 3. The molecule has 5 nitrogen and oxygen atoms in total. The van der Waals surface area contributed by atoms with Crippen molar-refractivity contribution in [1.82, 2.24) is 0 Å². The fraction of sp³-hybridized carbons (Fsp3) is 0.889. The number of hydrogen-bond donors (Lipinski definition) is 0. The number of carbonyl (C=O) groups excluding carboxylic acids is 2. The van der Waals surface area contributed by atoms with E-state index >= 15 is 0 Å². The van der Waals surface area contributed by atoms with E-state index in [1.807, 2.05) is 6.92 Å². The van der Waals surface area contributed by atoms with E-state index in [1.54, 1.807) is 0 Å². The van der Waals surface area contributed by atoms with Crippen molar-refractivity contribution in [1.29, 1.82) is 0 Å². The third-order valence-electron chi connectivity index (χ3n) is 5.81. The van der Waals surface area contributed by atoms with Gasteiger partial charge in [-0.3, -0.25) is 0 Å². The summed E-state index contributed by atoms with van der Waals surface area (Å²) >= 11 is -1.28. The first-order valence-corrected chi connectivity index (χ1v) is 14.5. The minimum absolute atomic E-state index is 0.0314. The fourth-order valence-electron chi connectivity index (χ4n) is 4.82. The molecule has 0 spiro atoms. The quantitative estimate of drug-likeness (QED) is 0.338. The van der Waals surface area contributed by atoms with Gasteiger partial charge in [0.05, 0.1) is 0 Å². The van der Waals surface area contributed by atoms with Crippen LogP contribution in [0, 0.1) is 23.7 Å². The molecule has 3 fully saturated rings. The summed E-state index contributed by atoms with van der Waals surface area (Å²) in [5.74, 6) is 0.408. The molecule has 1 saturated heterocycles. The van der Waals surface area contributed by atoms with Gasteiger partial charge >= 0.3 is 152 Å². The summed E-state index contributed by atoms with van der Waals surface area (Å²) in [6, 6.07) is 0. The summed E-state index contributed by atoms with van der Waals surface area (Å²) in [6.07, 6.45) is 2.51. The molecular formula is C18H29IO5. The number of halogens is 1. The van der Waals surface area contributed by atoms with Crippen LogP contribution < -0.4 is 0 Å². The molecule has 1 aliphatic heterocycles. The van der Waals surface area contributed by atoms with E-state index in [9.17, 15) is 9.59 Å². The second-order valence-electron chi connectivity index (χ2n) is 7.28. The van der Waals surface area contributed by atoms with Gasteiger partial charge in [-0.05, 0) is 0 Å². The van der Waals surface area contributed by atoms with E-state index in [0.717, 1.165) is 19.3 Å². The molecule has 0 radical (unpaired) electrons. The predicted molar refractivity (Wildman–Crippen MR) is 99.4 cm³/mol. The van der Waals surface area contributed by atoms with Gasteiger partial charge in [-0.2, -0.15) is 0 Å². The Hall–Kier alpha value is -0.370. The Morgan fingerprint density at radius 1 is 1.25 bits per heavy atom. The number of carbonyl (C=O) groups is 2. The van der Waals surface area contributed by atoms with Crippen LogP contribution in [0.3, 0.4) is 0 Å². The van der Waals surface area contributed by atoms with Crippen molar-refractivity contribution < 1.29 is 23.8 Å². The van der Waals surface area contributed by atoms with Gasteiger partial charge in [0.2, 0.25) is 0 Å². The van der Waals surface area contributed by atoms with Gasteiger partial charge in [-0.15, -0.1) is 0 Å². The molecule has 6 heteroatoms. The van der Waals surface area contributed by atoms with Gasteiger partial charge in [0, 0.05) is 0 Å². The first kappa shape index (κ1) is 18.4. The summed E-state index contributed by atoms with van der Waals surface area (Å²) in [5, 5.41) is 0. The number of hydrogen-bond acceptors (Lipinski definition) is 5. The molecule has 3 aliphatic rings. The van der Waals surface area contributed by atoms with Crippen LogP contribution in [0.4, 0.5) is 0 Å². The topological polar surface area (TPSA) is 61.8 Å². The zero-order valence-corrected chi connectivity index (χ0v) is 17.2. The van der Waals surface area contributed by atoms with Crippen LogP contribution in [0.2, 0.25) is 0 Å². The van der Waals surface area contributed by atoms with Crippen molar-refractivity contribution in [2.75, 3.05) is 23.1 Å². The van der Waals surface area contributed by atoms with Crippen molar-refractivity contribution in [2.45, 2.75) is 49.2 Å². The van der Waals surface area contributed by atoms with E-state index < -0.39 is 19.8 Å². The van der Waals surface area contributed by atoms with Crippen LogP contribution in [0.25, 0.3) is 0 Å². The third-order valence-corrected chi connectivity index (χ3v) is 9.95. The fourth-order valence-corrected chi connectivity index (χ4v) is 7.85. The van der Waals surface area contributed by atoms with E-state index in [4.69, 9.17) is 14.2 Å². The van der Waals surface area contributed by atoms with Gasteiger partial charge < -0.3 is 0 Å². The van der Waals surface area contributed by atoms with Gasteiger partial charge in [-0.1, -0.05) is 0 Å². The summed E-state index contributed by atoms with van der Waals surface area (Å²) in [7, 11) is 0. The second-order valence-corrected chi connectivity index (χ2v) is 13.4. The molecule has 138 valence electrons. The number of cyclic esters (lactones) is 1. The Morgan fingerprint density at radius 3 is 2.62 bits per heavy atom. The molecule has 0 N–H and O–H groups in total. The Labute approximate surface area is 151 Å². The molecule has 2 saturated carbocycles. The van der Waals surface area contributed by atoms with Crippen LogP contribution in [0.1, 0.15) is 33.1 Å². The first-order valence-electron chi connectivity index (χ1n) is 8.96. The van der Waals surface area contributed by atoms with Crippen LogP contribution in [-0.2, 0) is 23.8 Å².